The number of non-ortho nitro benzene ring substituents is 1. The van der Waals surface area contributed by atoms with Gasteiger partial charge in [0, 0.05) is 29.3 Å². The highest BCUT2D eigenvalue weighted by Crippen LogP contribution is 2.27. The number of rotatable bonds is 5. The van der Waals surface area contributed by atoms with Crippen molar-refractivity contribution in [3.63, 3.8) is 0 Å². The normalized spacial score (nSPS) is 13.1. The van der Waals surface area contributed by atoms with Gasteiger partial charge in [-0.05, 0) is 78.2 Å². The van der Waals surface area contributed by atoms with Gasteiger partial charge in [0.15, 0.2) is 0 Å². The number of halogens is 1. The third-order valence-electron chi connectivity index (χ3n) is 4.60. The van der Waals surface area contributed by atoms with Crippen LogP contribution in [-0.4, -0.2) is 17.2 Å². The largest absolute Gasteiger partial charge is 0.457 e. The molecule has 3 aromatic carbocycles. The zero-order valence-electron chi connectivity index (χ0n) is 15.4. The molecule has 0 atom stereocenters. The average Bonchev–Trinajstić information content (AvgIpc) is 2.74. The molecule has 3 aromatic rings. The molecule has 0 fully saturated rings. The van der Waals surface area contributed by atoms with Crippen LogP contribution in [0.4, 0.5) is 5.69 Å². The predicted octanol–water partition coefficient (Wildman–Crippen LogP) is 6.10. The summed E-state index contributed by atoms with van der Waals surface area (Å²) >= 11 is 5.92. The summed E-state index contributed by atoms with van der Waals surface area (Å²) in [6.07, 6.45) is 4.71. The van der Waals surface area contributed by atoms with E-state index < -0.39 is 4.92 Å². The van der Waals surface area contributed by atoms with E-state index in [1.807, 2.05) is 42.5 Å². The van der Waals surface area contributed by atoms with E-state index in [2.05, 4.69) is 4.99 Å². The second-order valence-corrected chi connectivity index (χ2v) is 7.01. The lowest BCUT2D eigenvalue weighted by atomic mass is 9.96. The Hall–Kier alpha value is -3.44. The van der Waals surface area contributed by atoms with Gasteiger partial charge in [-0.3, -0.25) is 15.1 Å². The first-order valence-corrected chi connectivity index (χ1v) is 9.50. The molecule has 0 N–H and O–H groups in total. The Morgan fingerprint density at radius 3 is 2.41 bits per heavy atom. The van der Waals surface area contributed by atoms with Crippen molar-refractivity contribution in [1.29, 1.82) is 0 Å². The maximum Gasteiger partial charge on any atom is 0.269 e. The van der Waals surface area contributed by atoms with Crippen molar-refractivity contribution in [2.45, 2.75) is 6.42 Å². The molecule has 0 unspecified atom stereocenters. The second-order valence-electron chi connectivity index (χ2n) is 6.57. The Labute approximate surface area is 173 Å². The van der Waals surface area contributed by atoms with Crippen molar-refractivity contribution >= 4 is 29.1 Å². The van der Waals surface area contributed by atoms with Gasteiger partial charge in [-0.1, -0.05) is 17.7 Å². The molecule has 0 saturated carbocycles. The van der Waals surface area contributed by atoms with Crippen LogP contribution in [0.3, 0.4) is 0 Å². The summed E-state index contributed by atoms with van der Waals surface area (Å²) in [6, 6.07) is 19.7. The number of hydrogen-bond donors (Lipinski definition) is 0. The molecule has 0 aliphatic carbocycles. The van der Waals surface area contributed by atoms with Crippen LogP contribution in [0.5, 0.6) is 11.5 Å². The molecule has 0 bridgehead atoms. The number of allylic oxidation sites excluding steroid dienone is 1. The highest BCUT2D eigenvalue weighted by molar-refractivity contribution is 6.30. The monoisotopic (exact) mass is 404 g/mol. The highest BCUT2D eigenvalue weighted by Gasteiger charge is 2.13. The third kappa shape index (κ3) is 4.52. The van der Waals surface area contributed by atoms with E-state index in [0.717, 1.165) is 34.8 Å². The number of nitrogens with zero attached hydrogens (tertiary/aromatic N) is 2. The fourth-order valence-electron chi connectivity index (χ4n) is 3.14. The molecule has 0 spiro atoms. The molecule has 144 valence electrons. The summed E-state index contributed by atoms with van der Waals surface area (Å²) in [4.78, 5) is 15.0. The van der Waals surface area contributed by atoms with Crippen LogP contribution in [0.15, 0.2) is 77.8 Å². The Morgan fingerprint density at radius 2 is 1.69 bits per heavy atom. The summed E-state index contributed by atoms with van der Waals surface area (Å²) in [6.45, 7) is 0.706. The van der Waals surface area contributed by atoms with Crippen LogP contribution >= 0.6 is 11.6 Å². The summed E-state index contributed by atoms with van der Waals surface area (Å²) in [5, 5.41) is 11.4. The molecule has 6 heteroatoms. The molecule has 0 aromatic heterocycles. The van der Waals surface area contributed by atoms with Gasteiger partial charge in [0.25, 0.3) is 5.69 Å². The molecule has 1 heterocycles. The van der Waals surface area contributed by atoms with Gasteiger partial charge in [-0.2, -0.15) is 0 Å². The van der Waals surface area contributed by atoms with E-state index in [1.165, 1.54) is 17.7 Å². The number of ether oxygens (including phenoxy) is 1. The number of nitro groups is 1. The molecule has 29 heavy (non-hydrogen) atoms. The summed E-state index contributed by atoms with van der Waals surface area (Å²) in [5.41, 5.74) is 4.10. The van der Waals surface area contributed by atoms with Crippen molar-refractivity contribution in [2.75, 3.05) is 6.54 Å². The van der Waals surface area contributed by atoms with Gasteiger partial charge in [0.1, 0.15) is 11.5 Å². The van der Waals surface area contributed by atoms with Crippen LogP contribution in [0, 0.1) is 10.1 Å². The fourth-order valence-corrected chi connectivity index (χ4v) is 3.26. The predicted molar refractivity (Wildman–Crippen MR) is 115 cm³/mol. The molecule has 5 nitrogen and oxygen atoms in total. The lowest BCUT2D eigenvalue weighted by Gasteiger charge is -2.16. The minimum atomic E-state index is -0.404. The molecule has 1 aliphatic rings. The molecule has 4 rings (SSSR count). The Morgan fingerprint density at radius 1 is 0.966 bits per heavy atom. The van der Waals surface area contributed by atoms with Gasteiger partial charge in [0.2, 0.25) is 0 Å². The molecular formula is C23H17ClN2O3. The minimum Gasteiger partial charge on any atom is -0.457 e. The van der Waals surface area contributed by atoms with Crippen molar-refractivity contribution in [2.24, 2.45) is 4.99 Å². The van der Waals surface area contributed by atoms with Gasteiger partial charge >= 0.3 is 0 Å². The lowest BCUT2D eigenvalue weighted by molar-refractivity contribution is -0.384. The smallest absolute Gasteiger partial charge is 0.269 e. The zero-order valence-corrected chi connectivity index (χ0v) is 16.2. The summed E-state index contributed by atoms with van der Waals surface area (Å²) in [5.74, 6) is 1.50. The van der Waals surface area contributed by atoms with Crippen LogP contribution in [0.2, 0.25) is 5.02 Å². The summed E-state index contributed by atoms with van der Waals surface area (Å²) in [7, 11) is 0. The first-order valence-electron chi connectivity index (χ1n) is 9.12. The van der Waals surface area contributed by atoms with Crippen molar-refractivity contribution < 1.29 is 9.66 Å². The zero-order chi connectivity index (χ0) is 20.2. The Kier molecular flexibility index (Phi) is 5.40. The maximum atomic E-state index is 10.8. The van der Waals surface area contributed by atoms with E-state index >= 15 is 0 Å². The Bertz CT molecular complexity index is 1100. The quantitative estimate of drug-likeness (QED) is 0.381. The van der Waals surface area contributed by atoms with Crippen LogP contribution in [0.1, 0.15) is 16.7 Å². The second kappa shape index (κ2) is 8.29. The molecule has 0 saturated heterocycles. The van der Waals surface area contributed by atoms with E-state index in [4.69, 9.17) is 16.3 Å². The third-order valence-corrected chi connectivity index (χ3v) is 4.85. The number of benzene rings is 3. The van der Waals surface area contributed by atoms with E-state index in [0.29, 0.717) is 11.6 Å². The number of aliphatic imine (C=N–C) groups is 1. The first kappa shape index (κ1) is 18.9. The number of fused-ring (bicyclic) bond motifs is 1. The van der Waals surface area contributed by atoms with Gasteiger partial charge in [-0.15, -0.1) is 0 Å². The maximum absolute atomic E-state index is 10.8. The van der Waals surface area contributed by atoms with Gasteiger partial charge in [-0.25, -0.2) is 0 Å². The standard InChI is InChI=1S/C23H17ClN2O3/c24-18-4-8-20(9-5-18)29-21-10-11-22-17(15-21)13-14-25-23(22)12-3-16-1-6-19(7-2-16)26(27)28/h1-12,15H,13-14H2/b12-3+. The molecular weight excluding hydrogens is 388 g/mol. The Balaban J connectivity index is 1.52. The number of hydrogen-bond acceptors (Lipinski definition) is 4. The molecule has 0 amide bonds. The van der Waals surface area contributed by atoms with E-state index in [1.54, 1.807) is 24.3 Å². The number of nitro benzene ring substituents is 1. The summed E-state index contributed by atoms with van der Waals surface area (Å²) < 4.78 is 5.92. The van der Waals surface area contributed by atoms with Gasteiger partial charge in [0.05, 0.1) is 10.6 Å². The van der Waals surface area contributed by atoms with Crippen LogP contribution in [-0.2, 0) is 6.42 Å². The van der Waals surface area contributed by atoms with Crippen molar-refractivity contribution in [1.82, 2.24) is 0 Å². The van der Waals surface area contributed by atoms with Crippen LogP contribution in [0.25, 0.3) is 6.08 Å². The fraction of sp³-hybridized carbons (Fsp3) is 0.0870. The van der Waals surface area contributed by atoms with Crippen molar-refractivity contribution in [3.05, 3.63) is 105 Å². The average molecular weight is 405 g/mol. The molecule has 0 radical (unpaired) electrons. The minimum absolute atomic E-state index is 0.0794. The SMILES string of the molecule is O=[N+]([O-])c1ccc(/C=C/C2=NCCc3cc(Oc4ccc(Cl)cc4)ccc32)cc1. The molecule has 1 aliphatic heterocycles. The first-order chi connectivity index (χ1) is 14.1. The highest BCUT2D eigenvalue weighted by atomic mass is 35.5. The topological polar surface area (TPSA) is 64.7 Å². The van der Waals surface area contributed by atoms with Gasteiger partial charge < -0.3 is 4.74 Å². The lowest BCUT2D eigenvalue weighted by Crippen LogP contribution is -2.10. The van der Waals surface area contributed by atoms with E-state index in [9.17, 15) is 10.1 Å². The van der Waals surface area contributed by atoms with E-state index in [-0.39, 0.29) is 5.69 Å². The van der Waals surface area contributed by atoms with Crippen LogP contribution < -0.4 is 4.74 Å². The van der Waals surface area contributed by atoms with Crippen molar-refractivity contribution in [3.8, 4) is 11.5 Å².